The van der Waals surface area contributed by atoms with Crippen LogP contribution in [0.25, 0.3) is 0 Å². The number of thioether (sulfide) groups is 1. The molecule has 19 heavy (non-hydrogen) atoms. The van der Waals surface area contributed by atoms with Crippen LogP contribution in [0, 0.1) is 0 Å². The van der Waals surface area contributed by atoms with Crippen molar-refractivity contribution in [3.05, 3.63) is 6.33 Å². The fourth-order valence-electron chi connectivity index (χ4n) is 1.95. The summed E-state index contributed by atoms with van der Waals surface area (Å²) >= 11 is 1.77. The van der Waals surface area contributed by atoms with Gasteiger partial charge in [-0.1, -0.05) is 18.7 Å². The van der Waals surface area contributed by atoms with E-state index in [1.807, 2.05) is 0 Å². The molecular weight excluding hydrogens is 262 g/mol. The Morgan fingerprint density at radius 2 is 2.21 bits per heavy atom. The topological polar surface area (TPSA) is 56.3 Å². The molecule has 1 fully saturated rings. The van der Waals surface area contributed by atoms with E-state index >= 15 is 0 Å². The van der Waals surface area contributed by atoms with E-state index in [1.165, 1.54) is 0 Å². The summed E-state index contributed by atoms with van der Waals surface area (Å²) in [6.07, 6.45) is 4.78. The summed E-state index contributed by atoms with van der Waals surface area (Å²) in [4.78, 5) is 8.61. The zero-order valence-corrected chi connectivity index (χ0v) is 12.3. The number of ether oxygens (including phenoxy) is 2. The van der Waals surface area contributed by atoms with Crippen molar-refractivity contribution in [2.24, 2.45) is 0 Å². The maximum Gasteiger partial charge on any atom is 0.193 e. The van der Waals surface area contributed by atoms with Crippen molar-refractivity contribution in [1.29, 1.82) is 0 Å². The molecule has 0 amide bonds. The Balaban J connectivity index is 2.09. The molecule has 1 aromatic heterocycles. The van der Waals surface area contributed by atoms with Gasteiger partial charge in [0.15, 0.2) is 11.6 Å². The summed E-state index contributed by atoms with van der Waals surface area (Å²) in [5, 5.41) is 4.75. The Hall–Kier alpha value is -1.01. The fraction of sp³-hybridized carbons (Fsp3) is 0.692. The summed E-state index contributed by atoms with van der Waals surface area (Å²) < 4.78 is 10.9. The molecule has 0 aromatic carbocycles. The lowest BCUT2D eigenvalue weighted by atomic mass is 10.2. The first-order valence-corrected chi connectivity index (χ1v) is 7.60. The van der Waals surface area contributed by atoms with Crippen LogP contribution in [-0.4, -0.2) is 42.1 Å². The smallest absolute Gasteiger partial charge is 0.193 e. The van der Waals surface area contributed by atoms with Crippen molar-refractivity contribution in [1.82, 2.24) is 9.97 Å². The summed E-state index contributed by atoms with van der Waals surface area (Å²) in [5.41, 5.74) is 0. The summed E-state index contributed by atoms with van der Waals surface area (Å²) in [6, 6.07) is 0. The average molecular weight is 283 g/mol. The van der Waals surface area contributed by atoms with Gasteiger partial charge in [0.1, 0.15) is 11.4 Å². The van der Waals surface area contributed by atoms with Crippen molar-refractivity contribution < 1.29 is 9.47 Å². The molecule has 0 radical (unpaired) electrons. The van der Waals surface area contributed by atoms with Crippen LogP contribution >= 0.6 is 11.8 Å². The summed E-state index contributed by atoms with van der Waals surface area (Å²) in [5.74, 6) is 1.54. The zero-order valence-electron chi connectivity index (χ0n) is 11.5. The first kappa shape index (κ1) is 14.4. The predicted octanol–water partition coefficient (Wildman–Crippen LogP) is 2.58. The highest BCUT2D eigenvalue weighted by molar-refractivity contribution is 8.00. The van der Waals surface area contributed by atoms with Crippen LogP contribution in [0.2, 0.25) is 0 Å². The first-order chi connectivity index (χ1) is 9.35. The summed E-state index contributed by atoms with van der Waals surface area (Å²) in [6.45, 7) is 4.69. The lowest BCUT2D eigenvalue weighted by Gasteiger charge is -2.22. The number of nitrogens with one attached hydrogen (secondary N) is 1. The van der Waals surface area contributed by atoms with Gasteiger partial charge in [0.25, 0.3) is 0 Å². The van der Waals surface area contributed by atoms with E-state index in [9.17, 15) is 0 Å². The molecule has 0 unspecified atom stereocenters. The van der Waals surface area contributed by atoms with Crippen LogP contribution in [0.1, 0.15) is 26.2 Å². The molecule has 6 heteroatoms. The van der Waals surface area contributed by atoms with Gasteiger partial charge in [0, 0.05) is 25.0 Å². The van der Waals surface area contributed by atoms with E-state index in [1.54, 1.807) is 25.2 Å². The van der Waals surface area contributed by atoms with Crippen LogP contribution in [-0.2, 0) is 4.74 Å². The van der Waals surface area contributed by atoms with Crippen molar-refractivity contribution in [3.63, 3.8) is 0 Å². The molecule has 0 saturated carbocycles. The molecule has 106 valence electrons. The van der Waals surface area contributed by atoms with E-state index < -0.39 is 0 Å². The standard InChI is InChI=1S/C13H21N3O2S/c1-3-6-14-12-11(17-2)13(16-9-15-12)19-10-4-7-18-8-5-10/h9-10H,3-8H2,1-2H3,(H,14,15,16). The second-order valence-electron chi connectivity index (χ2n) is 4.42. The van der Waals surface area contributed by atoms with Gasteiger partial charge in [-0.15, -0.1) is 0 Å². The average Bonchev–Trinajstić information content (AvgIpc) is 2.46. The zero-order chi connectivity index (χ0) is 13.5. The lowest BCUT2D eigenvalue weighted by Crippen LogP contribution is -2.17. The minimum Gasteiger partial charge on any atom is -0.490 e. The fourth-order valence-corrected chi connectivity index (χ4v) is 3.09. The molecule has 2 heterocycles. The highest BCUT2D eigenvalue weighted by Gasteiger charge is 2.20. The third-order valence-corrected chi connectivity index (χ3v) is 4.28. The maximum atomic E-state index is 5.48. The van der Waals surface area contributed by atoms with Crippen molar-refractivity contribution in [2.45, 2.75) is 36.5 Å². The molecule has 0 bridgehead atoms. The molecule has 1 saturated heterocycles. The molecule has 5 nitrogen and oxygen atoms in total. The van der Waals surface area contributed by atoms with Gasteiger partial charge in [-0.3, -0.25) is 0 Å². The number of hydrogen-bond acceptors (Lipinski definition) is 6. The molecule has 1 N–H and O–H groups in total. The van der Waals surface area contributed by atoms with E-state index in [-0.39, 0.29) is 0 Å². The maximum absolute atomic E-state index is 5.48. The second-order valence-corrected chi connectivity index (χ2v) is 5.71. The third-order valence-electron chi connectivity index (χ3n) is 2.96. The van der Waals surface area contributed by atoms with E-state index in [0.29, 0.717) is 5.25 Å². The number of nitrogens with zero attached hydrogens (tertiary/aromatic N) is 2. The lowest BCUT2D eigenvalue weighted by molar-refractivity contribution is 0.1000. The minimum absolute atomic E-state index is 0.552. The van der Waals surface area contributed by atoms with Crippen LogP contribution < -0.4 is 10.1 Å². The Bertz CT molecular complexity index is 397. The van der Waals surface area contributed by atoms with E-state index in [4.69, 9.17) is 9.47 Å². The molecule has 0 aliphatic carbocycles. The van der Waals surface area contributed by atoms with Gasteiger partial charge in [0.05, 0.1) is 7.11 Å². The van der Waals surface area contributed by atoms with Gasteiger partial charge < -0.3 is 14.8 Å². The Labute approximate surface area is 118 Å². The van der Waals surface area contributed by atoms with Crippen LogP contribution in [0.4, 0.5) is 5.82 Å². The highest BCUT2D eigenvalue weighted by Crippen LogP contribution is 2.37. The largest absolute Gasteiger partial charge is 0.490 e. The van der Waals surface area contributed by atoms with Gasteiger partial charge in [-0.2, -0.15) is 0 Å². The predicted molar refractivity (Wildman–Crippen MR) is 77.1 cm³/mol. The first-order valence-electron chi connectivity index (χ1n) is 6.72. The molecule has 0 atom stereocenters. The van der Waals surface area contributed by atoms with E-state index in [0.717, 1.165) is 55.6 Å². The Morgan fingerprint density at radius 3 is 2.89 bits per heavy atom. The van der Waals surface area contributed by atoms with E-state index in [2.05, 4.69) is 22.2 Å². The molecule has 1 aromatic rings. The Kier molecular flexibility index (Phi) is 5.72. The molecule has 0 spiro atoms. The van der Waals surface area contributed by atoms with Crippen LogP contribution in [0.5, 0.6) is 5.75 Å². The monoisotopic (exact) mass is 283 g/mol. The number of anilines is 1. The number of aromatic nitrogens is 2. The molecule has 1 aliphatic rings. The van der Waals surface area contributed by atoms with Gasteiger partial charge in [0.2, 0.25) is 0 Å². The van der Waals surface area contributed by atoms with Crippen molar-refractivity contribution >= 4 is 17.6 Å². The number of hydrogen-bond donors (Lipinski definition) is 1. The number of methoxy groups -OCH3 is 1. The van der Waals surface area contributed by atoms with Crippen LogP contribution in [0.15, 0.2) is 11.4 Å². The highest BCUT2D eigenvalue weighted by atomic mass is 32.2. The number of rotatable bonds is 6. The van der Waals surface area contributed by atoms with Crippen LogP contribution in [0.3, 0.4) is 0 Å². The third kappa shape index (κ3) is 3.98. The van der Waals surface area contributed by atoms with Gasteiger partial charge >= 0.3 is 0 Å². The molecular formula is C13H21N3O2S. The SMILES string of the molecule is CCCNc1ncnc(SC2CCOCC2)c1OC. The molecule has 1 aliphatic heterocycles. The second kappa shape index (κ2) is 7.55. The summed E-state index contributed by atoms with van der Waals surface area (Å²) in [7, 11) is 1.67. The van der Waals surface area contributed by atoms with Gasteiger partial charge in [-0.25, -0.2) is 9.97 Å². The Morgan fingerprint density at radius 1 is 1.42 bits per heavy atom. The normalized spacial score (nSPS) is 16.3. The quantitative estimate of drug-likeness (QED) is 0.810. The molecule has 2 rings (SSSR count). The van der Waals surface area contributed by atoms with Gasteiger partial charge in [-0.05, 0) is 19.3 Å². The minimum atomic E-state index is 0.552. The van der Waals surface area contributed by atoms with Crippen molar-refractivity contribution in [2.75, 3.05) is 32.2 Å². The van der Waals surface area contributed by atoms with Crippen molar-refractivity contribution in [3.8, 4) is 5.75 Å².